The van der Waals surface area contributed by atoms with E-state index in [1.54, 1.807) is 17.0 Å². The Morgan fingerprint density at radius 1 is 1.32 bits per heavy atom. The van der Waals surface area contributed by atoms with Crippen molar-refractivity contribution in [2.24, 2.45) is 0 Å². The average Bonchev–Trinajstić information content (AvgIpc) is 3.01. The topological polar surface area (TPSA) is 69.9 Å². The van der Waals surface area contributed by atoms with Crippen molar-refractivity contribution in [2.45, 2.75) is 45.9 Å². The monoisotopic (exact) mass is 392 g/mol. The van der Waals surface area contributed by atoms with Gasteiger partial charge in [0.05, 0.1) is 30.0 Å². The molecule has 0 fully saturated rings. The van der Waals surface area contributed by atoms with Gasteiger partial charge in [-0.3, -0.25) is 14.3 Å². The number of aryl methyl sites for hydroxylation is 1. The number of aromatic nitrogens is 4. The molecule has 4 aromatic heterocycles. The van der Waals surface area contributed by atoms with Crippen molar-refractivity contribution in [1.29, 1.82) is 0 Å². The largest absolute Gasteiger partial charge is 0.370 e. The Labute approximate surface area is 165 Å². The standard InChI is InChI=1S/C21H20N4O2S/c1-12-23-17-15-7-14-11-27-21(2,3)8-16(14)24-19(15)28-18(17)20(26)25(12)10-13-5-4-6-22-9-13/h4-7,9H,8,10-11H2,1-3H3. The zero-order chi connectivity index (χ0) is 19.5. The molecule has 28 heavy (non-hydrogen) atoms. The van der Waals surface area contributed by atoms with Crippen molar-refractivity contribution in [1.82, 2.24) is 19.5 Å². The minimum atomic E-state index is -0.213. The molecule has 0 N–H and O–H groups in total. The van der Waals surface area contributed by atoms with Gasteiger partial charge in [0.25, 0.3) is 5.56 Å². The molecule has 4 aromatic rings. The van der Waals surface area contributed by atoms with Gasteiger partial charge in [0.15, 0.2) is 0 Å². The molecule has 5 rings (SSSR count). The maximum atomic E-state index is 13.2. The van der Waals surface area contributed by atoms with Crippen LogP contribution in [0.2, 0.25) is 0 Å². The Morgan fingerprint density at radius 2 is 2.18 bits per heavy atom. The molecule has 0 unspecified atom stereocenters. The Morgan fingerprint density at radius 3 is 2.96 bits per heavy atom. The quantitative estimate of drug-likeness (QED) is 0.521. The average molecular weight is 392 g/mol. The third-order valence-corrected chi connectivity index (χ3v) is 6.28. The first-order valence-corrected chi connectivity index (χ1v) is 10.1. The van der Waals surface area contributed by atoms with Crippen molar-refractivity contribution in [3.63, 3.8) is 0 Å². The number of hydrogen-bond donors (Lipinski definition) is 0. The fourth-order valence-electron chi connectivity index (χ4n) is 3.70. The minimum absolute atomic E-state index is 0.0242. The minimum Gasteiger partial charge on any atom is -0.370 e. The van der Waals surface area contributed by atoms with Gasteiger partial charge >= 0.3 is 0 Å². The smallest absolute Gasteiger partial charge is 0.271 e. The Kier molecular flexibility index (Phi) is 3.86. The third-order valence-electron chi connectivity index (χ3n) is 5.20. The molecule has 142 valence electrons. The second kappa shape index (κ2) is 6.18. The second-order valence-electron chi connectivity index (χ2n) is 7.86. The molecule has 0 aromatic carbocycles. The zero-order valence-corrected chi connectivity index (χ0v) is 16.8. The van der Waals surface area contributed by atoms with Gasteiger partial charge in [-0.1, -0.05) is 6.07 Å². The van der Waals surface area contributed by atoms with E-state index in [-0.39, 0.29) is 11.2 Å². The highest BCUT2D eigenvalue weighted by molar-refractivity contribution is 7.25. The van der Waals surface area contributed by atoms with E-state index in [9.17, 15) is 4.79 Å². The summed E-state index contributed by atoms with van der Waals surface area (Å²) >= 11 is 1.43. The van der Waals surface area contributed by atoms with Crippen LogP contribution in [0.25, 0.3) is 20.4 Å². The van der Waals surface area contributed by atoms with E-state index >= 15 is 0 Å². The zero-order valence-electron chi connectivity index (χ0n) is 16.0. The molecule has 7 heteroatoms. The van der Waals surface area contributed by atoms with Crippen molar-refractivity contribution < 1.29 is 4.74 Å². The summed E-state index contributed by atoms with van der Waals surface area (Å²) < 4.78 is 8.30. The molecular formula is C21H20N4O2S. The Balaban J connectivity index is 1.69. The Bertz CT molecular complexity index is 1270. The lowest BCUT2D eigenvalue weighted by molar-refractivity contribution is -0.0411. The van der Waals surface area contributed by atoms with Crippen molar-refractivity contribution in [2.75, 3.05) is 0 Å². The summed E-state index contributed by atoms with van der Waals surface area (Å²) in [6.45, 7) is 7.03. The maximum absolute atomic E-state index is 13.2. The predicted molar refractivity (Wildman–Crippen MR) is 110 cm³/mol. The summed E-state index contributed by atoms with van der Waals surface area (Å²) in [6.07, 6.45) is 4.27. The molecule has 0 saturated heterocycles. The molecule has 5 heterocycles. The lowest BCUT2D eigenvalue weighted by Gasteiger charge is -2.30. The highest BCUT2D eigenvalue weighted by Crippen LogP contribution is 2.34. The summed E-state index contributed by atoms with van der Waals surface area (Å²) in [4.78, 5) is 27.9. The van der Waals surface area contributed by atoms with Gasteiger partial charge in [-0.15, -0.1) is 11.3 Å². The molecule has 0 amide bonds. The molecule has 0 atom stereocenters. The molecule has 1 aliphatic heterocycles. The summed E-state index contributed by atoms with van der Waals surface area (Å²) in [7, 11) is 0. The van der Waals surface area contributed by atoms with E-state index in [1.165, 1.54) is 11.3 Å². The fourth-order valence-corrected chi connectivity index (χ4v) is 4.77. The van der Waals surface area contributed by atoms with E-state index in [0.717, 1.165) is 39.0 Å². The normalized spacial score (nSPS) is 15.8. The van der Waals surface area contributed by atoms with Gasteiger partial charge < -0.3 is 4.74 Å². The van der Waals surface area contributed by atoms with Crippen LogP contribution in [0.4, 0.5) is 0 Å². The van der Waals surface area contributed by atoms with E-state index in [0.29, 0.717) is 23.7 Å². The van der Waals surface area contributed by atoms with E-state index in [1.807, 2.05) is 19.1 Å². The molecule has 0 saturated carbocycles. The number of nitrogens with zero attached hydrogens (tertiary/aromatic N) is 4. The van der Waals surface area contributed by atoms with Gasteiger partial charge in [-0.25, -0.2) is 9.97 Å². The van der Waals surface area contributed by atoms with Gasteiger partial charge in [-0.05, 0) is 38.5 Å². The van der Waals surface area contributed by atoms with Crippen molar-refractivity contribution >= 4 is 31.8 Å². The van der Waals surface area contributed by atoms with Crippen LogP contribution in [0.15, 0.2) is 35.4 Å². The van der Waals surface area contributed by atoms with Crippen LogP contribution in [0, 0.1) is 6.92 Å². The molecule has 0 aliphatic carbocycles. The first-order chi connectivity index (χ1) is 13.4. The van der Waals surface area contributed by atoms with E-state index < -0.39 is 0 Å². The number of rotatable bonds is 2. The van der Waals surface area contributed by atoms with Gasteiger partial charge in [0.1, 0.15) is 15.4 Å². The van der Waals surface area contributed by atoms with Crippen LogP contribution in [-0.2, 0) is 24.3 Å². The van der Waals surface area contributed by atoms with Gasteiger partial charge in [0, 0.05) is 29.8 Å². The predicted octanol–water partition coefficient (Wildman–Crippen LogP) is 3.61. The van der Waals surface area contributed by atoms with Crippen LogP contribution >= 0.6 is 11.3 Å². The second-order valence-corrected chi connectivity index (χ2v) is 8.86. The lowest BCUT2D eigenvalue weighted by atomic mass is 9.95. The highest BCUT2D eigenvalue weighted by atomic mass is 32.1. The SMILES string of the molecule is Cc1nc2c(sc3nc4c(cc32)COC(C)(C)C4)c(=O)n1Cc1cccnc1. The van der Waals surface area contributed by atoms with Crippen LogP contribution in [0.3, 0.4) is 0 Å². The molecular weight excluding hydrogens is 372 g/mol. The first-order valence-electron chi connectivity index (χ1n) is 9.27. The molecule has 0 spiro atoms. The summed E-state index contributed by atoms with van der Waals surface area (Å²) in [5.74, 6) is 0.691. The number of pyridine rings is 2. The van der Waals surface area contributed by atoms with Crippen molar-refractivity contribution in [3.8, 4) is 0 Å². The van der Waals surface area contributed by atoms with Crippen LogP contribution in [0.5, 0.6) is 0 Å². The fraction of sp³-hybridized carbons (Fsp3) is 0.333. The third kappa shape index (κ3) is 2.82. The van der Waals surface area contributed by atoms with Crippen LogP contribution in [0.1, 0.15) is 36.5 Å². The molecule has 6 nitrogen and oxygen atoms in total. The van der Waals surface area contributed by atoms with Crippen LogP contribution < -0.4 is 5.56 Å². The van der Waals surface area contributed by atoms with Crippen LogP contribution in [-0.4, -0.2) is 25.1 Å². The Hall–Kier alpha value is -2.64. The first kappa shape index (κ1) is 17.5. The molecule has 1 aliphatic rings. The summed E-state index contributed by atoms with van der Waals surface area (Å²) in [6, 6.07) is 5.94. The van der Waals surface area contributed by atoms with Gasteiger partial charge in [0.2, 0.25) is 0 Å². The highest BCUT2D eigenvalue weighted by Gasteiger charge is 2.28. The number of thiophene rings is 1. The molecule has 0 radical (unpaired) electrons. The number of hydrogen-bond acceptors (Lipinski definition) is 6. The summed E-state index contributed by atoms with van der Waals surface area (Å²) in [5.41, 5.74) is 3.63. The lowest BCUT2D eigenvalue weighted by Crippen LogP contribution is -2.32. The summed E-state index contributed by atoms with van der Waals surface area (Å²) in [5, 5.41) is 0.941. The number of ether oxygens (including phenoxy) is 1. The van der Waals surface area contributed by atoms with Gasteiger partial charge in [-0.2, -0.15) is 0 Å². The van der Waals surface area contributed by atoms with E-state index in [4.69, 9.17) is 14.7 Å². The van der Waals surface area contributed by atoms with E-state index in [2.05, 4.69) is 24.9 Å². The molecule has 0 bridgehead atoms. The maximum Gasteiger partial charge on any atom is 0.271 e. The van der Waals surface area contributed by atoms with Crippen molar-refractivity contribution in [3.05, 3.63) is 63.6 Å². The number of fused-ring (bicyclic) bond motifs is 4.